The lowest BCUT2D eigenvalue weighted by atomic mass is 9.98. The Balaban J connectivity index is 3.84. The zero-order valence-corrected chi connectivity index (χ0v) is 7.24. The minimum atomic E-state index is -0.968. The molecule has 1 rings (SSSR count). The van der Waals surface area contributed by atoms with E-state index in [0.29, 0.717) is 0 Å². The van der Waals surface area contributed by atoms with Gasteiger partial charge in [0, 0.05) is 0 Å². The molecule has 4 nitrogen and oxygen atoms in total. The minimum absolute atomic E-state index is 0.245. The van der Waals surface area contributed by atoms with Crippen LogP contribution < -0.4 is 0 Å². The molecule has 0 aliphatic carbocycles. The molecule has 0 amide bonds. The van der Waals surface area contributed by atoms with Crippen molar-refractivity contribution in [3.63, 3.8) is 0 Å². The number of nitriles is 4. The summed E-state index contributed by atoms with van der Waals surface area (Å²) in [6.45, 7) is 0. The van der Waals surface area contributed by atoms with Crippen LogP contribution in [0.1, 0.15) is 22.3 Å². The third kappa shape index (κ3) is 1.46. The average molecular weight is 196 g/mol. The molecule has 0 spiro atoms. The maximum Gasteiger partial charge on any atom is 0.143 e. The smallest absolute Gasteiger partial charge is 0.143 e. The van der Waals surface area contributed by atoms with Gasteiger partial charge in [-0.15, -0.1) is 0 Å². The summed E-state index contributed by atoms with van der Waals surface area (Å²) in [7, 11) is 0. The minimum Gasteiger partial charge on any atom is -0.205 e. The average Bonchev–Trinajstić information content (AvgIpc) is 2.27. The summed E-state index contributed by atoms with van der Waals surface area (Å²) in [4.78, 5) is 0. The maximum absolute atomic E-state index is 13.2. The normalized spacial score (nSPS) is 8.07. The molecule has 0 saturated heterocycles. The van der Waals surface area contributed by atoms with Crippen LogP contribution in [0.4, 0.5) is 4.39 Å². The molecule has 0 N–H and O–H groups in total. The van der Waals surface area contributed by atoms with E-state index in [4.69, 9.17) is 21.0 Å². The summed E-state index contributed by atoms with van der Waals surface area (Å²) in [5, 5.41) is 34.5. The van der Waals surface area contributed by atoms with E-state index in [1.807, 2.05) is 0 Å². The number of nitrogens with zero attached hydrogens (tertiary/aromatic N) is 4. The van der Waals surface area contributed by atoms with Gasteiger partial charge in [0.1, 0.15) is 35.7 Å². The van der Waals surface area contributed by atoms with Crippen molar-refractivity contribution in [3.05, 3.63) is 34.1 Å². The van der Waals surface area contributed by atoms with Crippen LogP contribution in [0.2, 0.25) is 0 Å². The van der Waals surface area contributed by atoms with E-state index < -0.39 is 16.9 Å². The monoisotopic (exact) mass is 196 g/mol. The first kappa shape index (κ1) is 10.2. The van der Waals surface area contributed by atoms with Crippen molar-refractivity contribution in [1.29, 1.82) is 21.0 Å². The highest BCUT2D eigenvalue weighted by molar-refractivity contribution is 5.61. The van der Waals surface area contributed by atoms with Crippen molar-refractivity contribution in [2.45, 2.75) is 0 Å². The van der Waals surface area contributed by atoms with Gasteiger partial charge < -0.3 is 0 Å². The Bertz CT molecular complexity index is 590. The fourth-order valence-corrected chi connectivity index (χ4v) is 1.08. The van der Waals surface area contributed by atoms with Crippen LogP contribution in [0.5, 0.6) is 0 Å². The molecular weight excluding hydrogens is 195 g/mol. The topological polar surface area (TPSA) is 95.2 Å². The summed E-state index contributed by atoms with van der Waals surface area (Å²) in [5.41, 5.74) is -1.41. The fraction of sp³-hybridized carbons (Fsp3) is 0. The Labute approximate surface area is 84.6 Å². The van der Waals surface area contributed by atoms with Crippen molar-refractivity contribution < 1.29 is 4.39 Å². The molecular formula is C10HFN4. The van der Waals surface area contributed by atoms with Gasteiger partial charge in [-0.2, -0.15) is 21.0 Å². The van der Waals surface area contributed by atoms with E-state index in [1.165, 1.54) is 6.07 Å². The standard InChI is InChI=1S/C10HFN4/c11-10-1-6(2-12)7(3-13)8(4-14)9(10)5-15/h1H. The molecule has 0 aliphatic rings. The van der Waals surface area contributed by atoms with Gasteiger partial charge in [-0.1, -0.05) is 0 Å². The predicted octanol–water partition coefficient (Wildman–Crippen LogP) is 1.31. The molecule has 0 unspecified atom stereocenters. The Kier molecular flexibility index (Phi) is 2.64. The Morgan fingerprint density at radius 2 is 1.33 bits per heavy atom. The van der Waals surface area contributed by atoms with Crippen LogP contribution in [-0.2, 0) is 0 Å². The molecule has 68 valence electrons. The van der Waals surface area contributed by atoms with Crippen molar-refractivity contribution in [1.82, 2.24) is 0 Å². The number of hydrogen-bond acceptors (Lipinski definition) is 4. The van der Waals surface area contributed by atoms with E-state index in [9.17, 15) is 4.39 Å². The second kappa shape index (κ2) is 3.88. The molecule has 15 heavy (non-hydrogen) atoms. The molecule has 0 saturated carbocycles. The molecule has 0 bridgehead atoms. The number of benzene rings is 1. The molecule has 0 fully saturated rings. The van der Waals surface area contributed by atoms with E-state index >= 15 is 0 Å². The van der Waals surface area contributed by atoms with Crippen LogP contribution in [-0.4, -0.2) is 0 Å². The third-order valence-electron chi connectivity index (χ3n) is 1.74. The molecule has 0 atom stereocenters. The van der Waals surface area contributed by atoms with Crippen molar-refractivity contribution in [2.75, 3.05) is 0 Å². The van der Waals surface area contributed by atoms with E-state index in [2.05, 4.69) is 0 Å². The first-order valence-corrected chi connectivity index (χ1v) is 3.66. The van der Waals surface area contributed by atoms with Crippen LogP contribution >= 0.6 is 0 Å². The zero-order valence-electron chi connectivity index (χ0n) is 7.24. The van der Waals surface area contributed by atoms with Gasteiger partial charge in [-0.25, -0.2) is 4.39 Å². The van der Waals surface area contributed by atoms with Gasteiger partial charge in [0.25, 0.3) is 0 Å². The van der Waals surface area contributed by atoms with Crippen LogP contribution in [0, 0.1) is 51.1 Å². The van der Waals surface area contributed by atoms with Crippen molar-refractivity contribution >= 4 is 0 Å². The molecule has 0 radical (unpaired) electrons. The van der Waals surface area contributed by atoms with Gasteiger partial charge in [0.15, 0.2) is 0 Å². The first-order chi connectivity index (χ1) is 7.19. The molecule has 0 heterocycles. The van der Waals surface area contributed by atoms with Gasteiger partial charge in [0.2, 0.25) is 0 Å². The van der Waals surface area contributed by atoms with E-state index in [-0.39, 0.29) is 11.1 Å². The third-order valence-corrected chi connectivity index (χ3v) is 1.74. The second-order valence-electron chi connectivity index (χ2n) is 2.48. The molecule has 0 aromatic heterocycles. The first-order valence-electron chi connectivity index (χ1n) is 3.66. The Morgan fingerprint density at radius 3 is 1.73 bits per heavy atom. The van der Waals surface area contributed by atoms with Gasteiger partial charge in [-0.3, -0.25) is 0 Å². The van der Waals surface area contributed by atoms with Gasteiger partial charge in [0.05, 0.1) is 16.7 Å². The zero-order chi connectivity index (χ0) is 11.4. The lowest BCUT2D eigenvalue weighted by Crippen LogP contribution is -1.98. The maximum atomic E-state index is 13.2. The highest BCUT2D eigenvalue weighted by Crippen LogP contribution is 2.20. The van der Waals surface area contributed by atoms with Crippen molar-refractivity contribution in [3.8, 4) is 24.3 Å². The highest BCUT2D eigenvalue weighted by Gasteiger charge is 2.17. The Morgan fingerprint density at radius 1 is 0.800 bits per heavy atom. The highest BCUT2D eigenvalue weighted by atomic mass is 19.1. The van der Waals surface area contributed by atoms with Gasteiger partial charge in [-0.05, 0) is 6.07 Å². The molecule has 5 heteroatoms. The molecule has 1 aromatic rings. The van der Waals surface area contributed by atoms with Crippen LogP contribution in [0.3, 0.4) is 0 Å². The largest absolute Gasteiger partial charge is 0.205 e. The summed E-state index contributed by atoms with van der Waals surface area (Å²) in [6.07, 6.45) is 0. The fourth-order valence-electron chi connectivity index (χ4n) is 1.08. The lowest BCUT2D eigenvalue weighted by Gasteiger charge is -2.00. The quantitative estimate of drug-likeness (QED) is 0.624. The van der Waals surface area contributed by atoms with Gasteiger partial charge >= 0.3 is 0 Å². The SMILES string of the molecule is N#Cc1cc(F)c(C#N)c(C#N)c1C#N. The molecule has 0 aliphatic heterocycles. The number of halogens is 1. The molecule has 1 aromatic carbocycles. The summed E-state index contributed by atoms with van der Waals surface area (Å²) < 4.78 is 13.2. The summed E-state index contributed by atoms with van der Waals surface area (Å²) in [6, 6.07) is 7.00. The number of hydrogen-bond donors (Lipinski definition) is 0. The van der Waals surface area contributed by atoms with Crippen LogP contribution in [0.25, 0.3) is 0 Å². The van der Waals surface area contributed by atoms with E-state index in [1.54, 1.807) is 18.2 Å². The summed E-state index contributed by atoms with van der Waals surface area (Å²) >= 11 is 0. The Hall–Kier alpha value is -2.89. The summed E-state index contributed by atoms with van der Waals surface area (Å²) in [5.74, 6) is -0.968. The second-order valence-corrected chi connectivity index (χ2v) is 2.48. The van der Waals surface area contributed by atoms with E-state index in [0.717, 1.165) is 6.07 Å². The van der Waals surface area contributed by atoms with Crippen molar-refractivity contribution in [2.24, 2.45) is 0 Å². The number of rotatable bonds is 0. The predicted molar refractivity (Wildman–Crippen MR) is 45.3 cm³/mol. The van der Waals surface area contributed by atoms with Crippen LogP contribution in [0.15, 0.2) is 6.07 Å². The lowest BCUT2D eigenvalue weighted by molar-refractivity contribution is 0.622.